The van der Waals surface area contributed by atoms with E-state index in [1.165, 1.54) is 28.6 Å². The average Bonchev–Trinajstić information content (AvgIpc) is 3.36. The number of hydrogen-bond donors (Lipinski definition) is 1. The van der Waals surface area contributed by atoms with Gasteiger partial charge in [0.25, 0.3) is 5.91 Å². The number of aromatic nitrogens is 3. The Hall–Kier alpha value is -3.73. The molecule has 0 radical (unpaired) electrons. The molecule has 5 nitrogen and oxygen atoms in total. The fourth-order valence-corrected chi connectivity index (χ4v) is 3.68. The Morgan fingerprint density at radius 3 is 2.61 bits per heavy atom. The summed E-state index contributed by atoms with van der Waals surface area (Å²) in [7, 11) is 0. The smallest absolute Gasteiger partial charge is 0.255 e. The van der Waals surface area contributed by atoms with Crippen molar-refractivity contribution in [2.75, 3.05) is 5.32 Å². The Balaban J connectivity index is 1.30. The number of carbonyl (C=O) groups is 1. The van der Waals surface area contributed by atoms with Crippen LogP contribution in [0.3, 0.4) is 0 Å². The van der Waals surface area contributed by atoms with Gasteiger partial charge in [0.1, 0.15) is 12.7 Å². The summed E-state index contributed by atoms with van der Waals surface area (Å²) in [6.45, 7) is 0.652. The molecule has 4 aromatic rings. The third-order valence-corrected chi connectivity index (χ3v) is 5.08. The molecule has 0 atom stereocenters. The fourth-order valence-electron chi connectivity index (χ4n) is 3.68. The quantitative estimate of drug-likeness (QED) is 0.520. The van der Waals surface area contributed by atoms with Crippen LogP contribution in [0.2, 0.25) is 0 Å². The number of fused-ring (bicyclic) bond motifs is 3. The van der Waals surface area contributed by atoms with Gasteiger partial charge in [-0.3, -0.25) is 4.79 Å². The zero-order chi connectivity index (χ0) is 18.9. The van der Waals surface area contributed by atoms with Crippen molar-refractivity contribution in [3.8, 4) is 11.1 Å². The standard InChI is InChI=1S/C23H18N4O/c28-23(26-20-8-5-16(6-9-20)13-27-15-24-14-25-27)18-7-10-22-19(12-18)11-17-3-1-2-4-21(17)22/h1-10,12,14-15H,11,13H2,(H,26,28). The van der Waals surface area contributed by atoms with Crippen LogP contribution in [0.5, 0.6) is 0 Å². The van der Waals surface area contributed by atoms with Gasteiger partial charge < -0.3 is 5.32 Å². The molecule has 1 amide bonds. The Bertz CT molecular complexity index is 1150. The maximum absolute atomic E-state index is 12.7. The molecule has 0 spiro atoms. The molecule has 136 valence electrons. The number of benzene rings is 3. The lowest BCUT2D eigenvalue weighted by Crippen LogP contribution is -2.12. The van der Waals surface area contributed by atoms with E-state index in [9.17, 15) is 4.79 Å². The van der Waals surface area contributed by atoms with E-state index in [-0.39, 0.29) is 5.91 Å². The third-order valence-electron chi connectivity index (χ3n) is 5.08. The highest BCUT2D eigenvalue weighted by Crippen LogP contribution is 2.36. The van der Waals surface area contributed by atoms with Crippen molar-refractivity contribution in [2.24, 2.45) is 0 Å². The van der Waals surface area contributed by atoms with E-state index < -0.39 is 0 Å². The molecule has 0 bridgehead atoms. The van der Waals surface area contributed by atoms with Gasteiger partial charge in [-0.2, -0.15) is 5.10 Å². The van der Waals surface area contributed by atoms with E-state index in [1.54, 1.807) is 11.0 Å². The first kappa shape index (κ1) is 16.4. The maximum atomic E-state index is 12.7. The Labute approximate surface area is 162 Å². The van der Waals surface area contributed by atoms with Crippen LogP contribution in [0.1, 0.15) is 27.0 Å². The molecule has 0 fully saturated rings. The Kier molecular flexibility index (Phi) is 3.98. The average molecular weight is 366 g/mol. The second-order valence-electron chi connectivity index (χ2n) is 6.95. The van der Waals surface area contributed by atoms with Crippen molar-refractivity contribution < 1.29 is 4.79 Å². The topological polar surface area (TPSA) is 59.8 Å². The fraction of sp³-hybridized carbons (Fsp3) is 0.0870. The summed E-state index contributed by atoms with van der Waals surface area (Å²) in [6, 6.07) is 22.1. The van der Waals surface area contributed by atoms with Crippen molar-refractivity contribution in [1.82, 2.24) is 14.8 Å². The zero-order valence-corrected chi connectivity index (χ0v) is 15.2. The largest absolute Gasteiger partial charge is 0.322 e. The second kappa shape index (κ2) is 6.78. The minimum absolute atomic E-state index is 0.0946. The molecule has 1 N–H and O–H groups in total. The summed E-state index contributed by atoms with van der Waals surface area (Å²) in [5.41, 5.74) is 7.57. The van der Waals surface area contributed by atoms with Crippen LogP contribution in [-0.4, -0.2) is 20.7 Å². The van der Waals surface area contributed by atoms with Crippen molar-refractivity contribution in [3.63, 3.8) is 0 Å². The predicted molar refractivity (Wildman–Crippen MR) is 108 cm³/mol. The number of nitrogens with one attached hydrogen (secondary N) is 1. The zero-order valence-electron chi connectivity index (χ0n) is 15.2. The normalized spacial score (nSPS) is 11.7. The first-order chi connectivity index (χ1) is 13.8. The van der Waals surface area contributed by atoms with E-state index in [2.05, 4.69) is 45.7 Å². The summed E-state index contributed by atoms with van der Waals surface area (Å²) in [6.07, 6.45) is 4.08. The van der Waals surface area contributed by atoms with Crippen LogP contribution in [-0.2, 0) is 13.0 Å². The van der Waals surface area contributed by atoms with Crippen LogP contribution in [0.25, 0.3) is 11.1 Å². The summed E-state index contributed by atoms with van der Waals surface area (Å²) >= 11 is 0. The molecule has 5 rings (SSSR count). The van der Waals surface area contributed by atoms with Crippen molar-refractivity contribution in [1.29, 1.82) is 0 Å². The highest BCUT2D eigenvalue weighted by atomic mass is 16.1. The number of carbonyl (C=O) groups excluding carboxylic acids is 1. The number of hydrogen-bond acceptors (Lipinski definition) is 3. The van der Waals surface area contributed by atoms with Gasteiger partial charge in [0.2, 0.25) is 0 Å². The van der Waals surface area contributed by atoms with E-state index in [4.69, 9.17) is 0 Å². The number of amides is 1. The summed E-state index contributed by atoms with van der Waals surface area (Å²) < 4.78 is 1.76. The third kappa shape index (κ3) is 3.07. The van der Waals surface area contributed by atoms with Crippen LogP contribution in [0.15, 0.2) is 79.4 Å². The van der Waals surface area contributed by atoms with Crippen LogP contribution in [0.4, 0.5) is 5.69 Å². The second-order valence-corrected chi connectivity index (χ2v) is 6.95. The first-order valence-electron chi connectivity index (χ1n) is 9.20. The van der Waals surface area contributed by atoms with Gasteiger partial charge in [-0.25, -0.2) is 9.67 Å². The van der Waals surface area contributed by atoms with Crippen molar-refractivity contribution >= 4 is 11.6 Å². The minimum Gasteiger partial charge on any atom is -0.322 e. The summed E-state index contributed by atoms with van der Waals surface area (Å²) in [4.78, 5) is 16.6. The lowest BCUT2D eigenvalue weighted by Gasteiger charge is -2.08. The van der Waals surface area contributed by atoms with Gasteiger partial charge in [-0.05, 0) is 58.5 Å². The Morgan fingerprint density at radius 1 is 0.964 bits per heavy atom. The molecule has 28 heavy (non-hydrogen) atoms. The molecular formula is C23H18N4O. The molecule has 0 saturated heterocycles. The Morgan fingerprint density at radius 2 is 1.79 bits per heavy atom. The molecule has 1 heterocycles. The molecule has 1 aromatic heterocycles. The molecule has 5 heteroatoms. The highest BCUT2D eigenvalue weighted by Gasteiger charge is 2.19. The number of rotatable bonds is 4. The van der Waals surface area contributed by atoms with Crippen LogP contribution in [0, 0.1) is 0 Å². The molecule has 0 saturated carbocycles. The summed E-state index contributed by atoms with van der Waals surface area (Å²) in [5.74, 6) is -0.0946. The monoisotopic (exact) mass is 366 g/mol. The SMILES string of the molecule is O=C(Nc1ccc(Cn2cncn2)cc1)c1ccc2c(c1)Cc1ccccc1-2. The van der Waals surface area contributed by atoms with E-state index >= 15 is 0 Å². The van der Waals surface area contributed by atoms with Crippen molar-refractivity contribution in [2.45, 2.75) is 13.0 Å². The number of nitrogens with zero attached hydrogens (tertiary/aromatic N) is 3. The van der Waals surface area contributed by atoms with Gasteiger partial charge in [-0.1, -0.05) is 42.5 Å². The highest BCUT2D eigenvalue weighted by molar-refractivity contribution is 6.05. The van der Waals surface area contributed by atoms with Gasteiger partial charge in [0.05, 0.1) is 6.54 Å². The molecule has 3 aromatic carbocycles. The van der Waals surface area contributed by atoms with E-state index in [1.807, 2.05) is 36.4 Å². The molecule has 1 aliphatic rings. The lowest BCUT2D eigenvalue weighted by atomic mass is 10.0. The van der Waals surface area contributed by atoms with Gasteiger partial charge in [-0.15, -0.1) is 0 Å². The maximum Gasteiger partial charge on any atom is 0.255 e. The molecule has 0 unspecified atom stereocenters. The lowest BCUT2D eigenvalue weighted by molar-refractivity contribution is 0.102. The first-order valence-corrected chi connectivity index (χ1v) is 9.20. The van der Waals surface area contributed by atoms with Gasteiger partial charge in [0.15, 0.2) is 0 Å². The summed E-state index contributed by atoms with van der Waals surface area (Å²) in [5, 5.41) is 7.08. The van der Waals surface area contributed by atoms with E-state index in [0.29, 0.717) is 12.1 Å². The molecule has 0 aliphatic heterocycles. The van der Waals surface area contributed by atoms with Gasteiger partial charge in [0, 0.05) is 11.3 Å². The number of anilines is 1. The van der Waals surface area contributed by atoms with Crippen molar-refractivity contribution in [3.05, 3.63) is 102 Å². The molecule has 1 aliphatic carbocycles. The van der Waals surface area contributed by atoms with E-state index in [0.717, 1.165) is 17.7 Å². The van der Waals surface area contributed by atoms with Crippen LogP contribution >= 0.6 is 0 Å². The minimum atomic E-state index is -0.0946. The predicted octanol–water partition coefficient (Wildman–Crippen LogP) is 4.15. The molecular weight excluding hydrogens is 348 g/mol. The van der Waals surface area contributed by atoms with Gasteiger partial charge >= 0.3 is 0 Å². The van der Waals surface area contributed by atoms with Crippen LogP contribution < -0.4 is 5.32 Å².